The van der Waals surface area contributed by atoms with Gasteiger partial charge in [0.15, 0.2) is 0 Å². The van der Waals surface area contributed by atoms with E-state index >= 15 is 0 Å². The molecule has 1 atom stereocenters. The van der Waals surface area contributed by atoms with E-state index in [-0.39, 0.29) is 12.3 Å². The summed E-state index contributed by atoms with van der Waals surface area (Å²) in [6.07, 6.45) is 1.31. The second kappa shape index (κ2) is 6.92. The lowest BCUT2D eigenvalue weighted by Gasteiger charge is -2.12. The van der Waals surface area contributed by atoms with Crippen LogP contribution in [0.2, 0.25) is 0 Å². The number of nitrogens with one attached hydrogen (secondary N) is 1. The molecule has 1 aromatic carbocycles. The number of aliphatic carboxylic acids is 1. The zero-order chi connectivity index (χ0) is 14.4. The van der Waals surface area contributed by atoms with Crippen molar-refractivity contribution in [3.63, 3.8) is 0 Å². The Morgan fingerprint density at radius 1 is 1.21 bits per heavy atom. The summed E-state index contributed by atoms with van der Waals surface area (Å²) in [4.78, 5) is 22.9. The molecule has 0 saturated carbocycles. The van der Waals surface area contributed by atoms with Gasteiger partial charge in [0.2, 0.25) is 5.91 Å². The Kier molecular flexibility index (Phi) is 5.55. The minimum atomic E-state index is -0.905. The Morgan fingerprint density at radius 2 is 1.79 bits per heavy atom. The van der Waals surface area contributed by atoms with Gasteiger partial charge in [-0.05, 0) is 43.5 Å². The fraction of sp³-hybridized carbons (Fsp3) is 0.467. The van der Waals surface area contributed by atoms with Gasteiger partial charge in [-0.25, -0.2) is 0 Å². The zero-order valence-electron chi connectivity index (χ0n) is 11.7. The van der Waals surface area contributed by atoms with Crippen LogP contribution in [0, 0.1) is 19.8 Å². The maximum atomic E-state index is 11.9. The molecule has 0 aliphatic rings. The van der Waals surface area contributed by atoms with Crippen LogP contribution in [0.4, 0.5) is 5.69 Å². The van der Waals surface area contributed by atoms with Crippen LogP contribution in [0.25, 0.3) is 0 Å². The molecule has 0 fully saturated rings. The molecule has 1 aromatic rings. The Hall–Kier alpha value is -1.84. The first-order valence-electron chi connectivity index (χ1n) is 6.53. The second-order valence-corrected chi connectivity index (χ2v) is 4.95. The summed E-state index contributed by atoms with van der Waals surface area (Å²) in [5.41, 5.74) is 2.86. The van der Waals surface area contributed by atoms with E-state index in [0.29, 0.717) is 6.42 Å². The molecule has 1 unspecified atom stereocenters. The molecule has 4 heteroatoms. The predicted molar refractivity (Wildman–Crippen MR) is 75.2 cm³/mol. The molecule has 0 bridgehead atoms. The summed E-state index contributed by atoms with van der Waals surface area (Å²) in [5.74, 6) is -1.75. The van der Waals surface area contributed by atoms with E-state index in [4.69, 9.17) is 5.11 Å². The molecule has 4 nitrogen and oxygen atoms in total. The molecular formula is C15H21NO3. The van der Waals surface area contributed by atoms with Gasteiger partial charge in [-0.15, -0.1) is 0 Å². The molecule has 1 amide bonds. The van der Waals surface area contributed by atoms with Gasteiger partial charge in [-0.2, -0.15) is 0 Å². The number of carbonyl (C=O) groups is 2. The van der Waals surface area contributed by atoms with Crippen molar-refractivity contribution in [2.75, 3.05) is 5.32 Å². The average Bonchev–Trinajstić information content (AvgIpc) is 2.26. The SMILES string of the molecule is CCCC(CC(=O)Nc1cc(C)cc(C)c1)C(=O)O. The van der Waals surface area contributed by atoms with Gasteiger partial charge in [0.1, 0.15) is 0 Å². The molecule has 2 N–H and O–H groups in total. The maximum absolute atomic E-state index is 11.9. The summed E-state index contributed by atoms with van der Waals surface area (Å²) in [7, 11) is 0. The lowest BCUT2D eigenvalue weighted by atomic mass is 9.99. The summed E-state index contributed by atoms with van der Waals surface area (Å²) in [5, 5.41) is 11.8. The number of carboxylic acids is 1. The van der Waals surface area contributed by atoms with Gasteiger partial charge in [-0.1, -0.05) is 19.4 Å². The molecule has 0 radical (unpaired) electrons. The predicted octanol–water partition coefficient (Wildman–Crippen LogP) is 3.13. The quantitative estimate of drug-likeness (QED) is 0.828. The molecule has 0 aliphatic heterocycles. The Morgan fingerprint density at radius 3 is 2.26 bits per heavy atom. The minimum Gasteiger partial charge on any atom is -0.481 e. The smallest absolute Gasteiger partial charge is 0.307 e. The first-order valence-corrected chi connectivity index (χ1v) is 6.53. The van der Waals surface area contributed by atoms with E-state index in [1.165, 1.54) is 0 Å². The number of hydrogen-bond donors (Lipinski definition) is 2. The summed E-state index contributed by atoms with van der Waals surface area (Å²) in [6.45, 7) is 5.83. The van der Waals surface area contributed by atoms with Crippen LogP contribution in [0.1, 0.15) is 37.3 Å². The first-order chi connectivity index (χ1) is 8.92. The van der Waals surface area contributed by atoms with Crippen LogP contribution in [0.5, 0.6) is 0 Å². The minimum absolute atomic E-state index is 0.0240. The fourth-order valence-electron chi connectivity index (χ4n) is 2.14. The van der Waals surface area contributed by atoms with E-state index in [0.717, 1.165) is 23.2 Å². The van der Waals surface area contributed by atoms with Crippen molar-refractivity contribution in [2.45, 2.75) is 40.0 Å². The van der Waals surface area contributed by atoms with Gasteiger partial charge >= 0.3 is 5.97 Å². The molecule has 0 saturated heterocycles. The molecule has 0 aromatic heterocycles. The highest BCUT2D eigenvalue weighted by Gasteiger charge is 2.20. The van der Waals surface area contributed by atoms with Crippen LogP contribution in [-0.4, -0.2) is 17.0 Å². The van der Waals surface area contributed by atoms with Crippen molar-refractivity contribution in [1.29, 1.82) is 0 Å². The van der Waals surface area contributed by atoms with Crippen molar-refractivity contribution >= 4 is 17.6 Å². The summed E-state index contributed by atoms with van der Waals surface area (Å²) in [6, 6.07) is 5.77. The van der Waals surface area contributed by atoms with Crippen molar-refractivity contribution < 1.29 is 14.7 Å². The highest BCUT2D eigenvalue weighted by atomic mass is 16.4. The molecule has 19 heavy (non-hydrogen) atoms. The average molecular weight is 263 g/mol. The zero-order valence-corrected chi connectivity index (χ0v) is 11.7. The Bertz CT molecular complexity index is 448. The van der Waals surface area contributed by atoms with Crippen LogP contribution in [-0.2, 0) is 9.59 Å². The molecular weight excluding hydrogens is 242 g/mol. The van der Waals surface area contributed by atoms with Gasteiger partial charge < -0.3 is 10.4 Å². The summed E-state index contributed by atoms with van der Waals surface area (Å²) >= 11 is 0. The van der Waals surface area contributed by atoms with Gasteiger partial charge in [0, 0.05) is 12.1 Å². The number of aryl methyl sites for hydroxylation is 2. The van der Waals surface area contributed by atoms with Crippen molar-refractivity contribution in [3.05, 3.63) is 29.3 Å². The summed E-state index contributed by atoms with van der Waals surface area (Å²) < 4.78 is 0. The van der Waals surface area contributed by atoms with Crippen molar-refractivity contribution in [2.24, 2.45) is 5.92 Å². The number of amides is 1. The first kappa shape index (κ1) is 15.2. The van der Waals surface area contributed by atoms with E-state index in [9.17, 15) is 9.59 Å². The van der Waals surface area contributed by atoms with Crippen molar-refractivity contribution in [3.8, 4) is 0 Å². The van der Waals surface area contributed by atoms with Crippen molar-refractivity contribution in [1.82, 2.24) is 0 Å². The Balaban J connectivity index is 2.66. The molecule has 104 valence electrons. The number of rotatable bonds is 6. The molecule has 1 rings (SSSR count). The van der Waals surface area contributed by atoms with Crippen LogP contribution < -0.4 is 5.32 Å². The largest absolute Gasteiger partial charge is 0.481 e. The molecule has 0 spiro atoms. The van der Waals surface area contributed by atoms with Crippen LogP contribution in [0.15, 0.2) is 18.2 Å². The number of hydrogen-bond acceptors (Lipinski definition) is 2. The number of carboxylic acid groups (broad SMARTS) is 1. The second-order valence-electron chi connectivity index (χ2n) is 4.95. The number of benzene rings is 1. The maximum Gasteiger partial charge on any atom is 0.307 e. The van der Waals surface area contributed by atoms with Gasteiger partial charge in [0.05, 0.1) is 5.92 Å². The van der Waals surface area contributed by atoms with Gasteiger partial charge in [0.25, 0.3) is 0 Å². The van der Waals surface area contributed by atoms with Gasteiger partial charge in [-0.3, -0.25) is 9.59 Å². The standard InChI is InChI=1S/C15H21NO3/c1-4-5-12(15(18)19)9-14(17)16-13-7-10(2)6-11(3)8-13/h6-8,12H,4-5,9H2,1-3H3,(H,16,17)(H,18,19). The molecule has 0 aliphatic carbocycles. The third-order valence-corrected chi connectivity index (χ3v) is 2.92. The van der Waals surface area contributed by atoms with E-state index < -0.39 is 11.9 Å². The third-order valence-electron chi connectivity index (χ3n) is 2.92. The highest BCUT2D eigenvalue weighted by Crippen LogP contribution is 2.16. The highest BCUT2D eigenvalue weighted by molar-refractivity contribution is 5.93. The fourth-order valence-corrected chi connectivity index (χ4v) is 2.14. The monoisotopic (exact) mass is 263 g/mol. The third kappa shape index (κ3) is 5.12. The molecule has 0 heterocycles. The number of anilines is 1. The normalized spacial score (nSPS) is 11.9. The van der Waals surface area contributed by atoms with Crippen LogP contribution in [0.3, 0.4) is 0 Å². The number of carbonyl (C=O) groups excluding carboxylic acids is 1. The topological polar surface area (TPSA) is 66.4 Å². The van der Waals surface area contributed by atoms with E-state index in [2.05, 4.69) is 5.32 Å². The Labute approximate surface area is 113 Å². The lowest BCUT2D eigenvalue weighted by Crippen LogP contribution is -2.22. The van der Waals surface area contributed by atoms with E-state index in [1.807, 2.05) is 39.0 Å². The van der Waals surface area contributed by atoms with Crippen LogP contribution >= 0.6 is 0 Å². The van der Waals surface area contributed by atoms with E-state index in [1.54, 1.807) is 0 Å². The lowest BCUT2D eigenvalue weighted by molar-refractivity contribution is -0.143.